The van der Waals surface area contributed by atoms with E-state index < -0.39 is 18.5 Å². The van der Waals surface area contributed by atoms with Gasteiger partial charge in [-0.1, -0.05) is 22.0 Å². The number of alkyl halides is 2. The molecule has 0 aliphatic carbocycles. The van der Waals surface area contributed by atoms with Crippen molar-refractivity contribution in [2.45, 2.75) is 25.4 Å². The number of hydrogen-bond acceptors (Lipinski definition) is 6. The third kappa shape index (κ3) is 4.03. The van der Waals surface area contributed by atoms with Crippen LogP contribution < -0.4 is 23.7 Å². The van der Waals surface area contributed by atoms with E-state index in [4.69, 9.17) is 14.2 Å². The molecule has 0 bridgehead atoms. The van der Waals surface area contributed by atoms with E-state index in [1.807, 2.05) is 0 Å². The molecule has 0 radical (unpaired) electrons. The van der Waals surface area contributed by atoms with Gasteiger partial charge in [0, 0.05) is 4.47 Å². The van der Waals surface area contributed by atoms with Crippen LogP contribution in [0.2, 0.25) is 0 Å². The van der Waals surface area contributed by atoms with Crippen molar-refractivity contribution < 1.29 is 37.6 Å². The van der Waals surface area contributed by atoms with Crippen LogP contribution in [0.4, 0.5) is 8.78 Å². The van der Waals surface area contributed by atoms with Crippen LogP contribution in [-0.2, 0) is 0 Å². The van der Waals surface area contributed by atoms with Crippen molar-refractivity contribution in [3.63, 3.8) is 0 Å². The molecule has 1 heterocycles. The second kappa shape index (κ2) is 7.40. The molecular formula is C18H17BrF2O6. The lowest BCUT2D eigenvalue weighted by Gasteiger charge is -2.23. The number of aliphatic hydroxyl groups is 1. The van der Waals surface area contributed by atoms with Crippen LogP contribution >= 0.6 is 15.9 Å². The summed E-state index contributed by atoms with van der Waals surface area (Å²) in [6.45, 7) is 1.63. The van der Waals surface area contributed by atoms with Crippen LogP contribution in [0.5, 0.6) is 28.7 Å². The second-order valence-corrected chi connectivity index (χ2v) is 6.70. The maximum atomic E-state index is 13.2. The van der Waals surface area contributed by atoms with E-state index in [1.54, 1.807) is 19.1 Å². The Balaban J connectivity index is 1.83. The van der Waals surface area contributed by atoms with Crippen LogP contribution in [0.1, 0.15) is 18.6 Å². The SMILES string of the molecule is COc1cc(Br)cc(OC)c1O[C@H](C)[C@@H](O)c1ccc2c(c1)OC(F)(F)O2. The predicted molar refractivity (Wildman–Crippen MR) is 94.9 cm³/mol. The van der Waals surface area contributed by atoms with E-state index in [0.717, 1.165) is 4.47 Å². The first kappa shape index (κ1) is 19.5. The van der Waals surface area contributed by atoms with E-state index >= 15 is 0 Å². The smallest absolute Gasteiger partial charge is 0.493 e. The second-order valence-electron chi connectivity index (χ2n) is 5.78. The molecule has 0 fully saturated rings. The van der Waals surface area contributed by atoms with Gasteiger partial charge in [0.15, 0.2) is 23.0 Å². The van der Waals surface area contributed by atoms with Crippen molar-refractivity contribution in [1.29, 1.82) is 0 Å². The summed E-state index contributed by atoms with van der Waals surface area (Å²) in [5, 5.41) is 10.6. The highest BCUT2D eigenvalue weighted by Crippen LogP contribution is 2.44. The summed E-state index contributed by atoms with van der Waals surface area (Å²) in [5.74, 6) is 0.876. The van der Waals surface area contributed by atoms with Crippen LogP contribution in [0.3, 0.4) is 0 Å². The lowest BCUT2D eigenvalue weighted by atomic mass is 10.0. The molecule has 1 aliphatic rings. The zero-order valence-corrected chi connectivity index (χ0v) is 16.2. The summed E-state index contributed by atoms with van der Waals surface area (Å²) in [7, 11) is 2.96. The first-order chi connectivity index (χ1) is 12.7. The molecule has 0 amide bonds. The summed E-state index contributed by atoms with van der Waals surface area (Å²) in [4.78, 5) is 0. The van der Waals surface area contributed by atoms with Gasteiger partial charge >= 0.3 is 6.29 Å². The number of benzene rings is 2. The lowest BCUT2D eigenvalue weighted by Crippen LogP contribution is -2.26. The number of halogens is 3. The standard InChI is InChI=1S/C18H17BrF2O6/c1-9(25-17-14(23-2)7-11(19)8-15(17)24-3)16(22)10-4-5-12-13(6-10)27-18(20,21)26-12/h4-9,16,22H,1-3H3/t9-,16-/m1/s1. The summed E-state index contributed by atoms with van der Waals surface area (Å²) in [6.07, 6.45) is -5.60. The molecule has 0 aromatic heterocycles. The highest BCUT2D eigenvalue weighted by molar-refractivity contribution is 9.10. The Labute approximate surface area is 162 Å². The minimum atomic E-state index is -3.72. The Kier molecular flexibility index (Phi) is 5.34. The molecule has 9 heteroatoms. The van der Waals surface area contributed by atoms with Crippen molar-refractivity contribution in [2.75, 3.05) is 14.2 Å². The van der Waals surface area contributed by atoms with Gasteiger partial charge < -0.3 is 28.8 Å². The Bertz CT molecular complexity index is 820. The molecule has 146 valence electrons. The summed E-state index contributed by atoms with van der Waals surface area (Å²) in [5.41, 5.74) is 0.331. The molecule has 3 rings (SSSR count). The van der Waals surface area contributed by atoms with Crippen molar-refractivity contribution >= 4 is 15.9 Å². The fourth-order valence-corrected chi connectivity index (χ4v) is 3.05. The zero-order chi connectivity index (χ0) is 19.8. The molecule has 0 saturated heterocycles. The number of ether oxygens (including phenoxy) is 5. The van der Waals surface area contributed by atoms with Crippen molar-refractivity contribution in [2.24, 2.45) is 0 Å². The molecule has 27 heavy (non-hydrogen) atoms. The average Bonchev–Trinajstić information content (AvgIpc) is 2.94. The van der Waals surface area contributed by atoms with E-state index in [0.29, 0.717) is 22.8 Å². The normalized spacial score (nSPS) is 16.6. The molecule has 1 N–H and O–H groups in total. The summed E-state index contributed by atoms with van der Waals surface area (Å²) in [6, 6.07) is 7.45. The molecular weight excluding hydrogens is 430 g/mol. The highest BCUT2D eigenvalue weighted by atomic mass is 79.9. The maximum absolute atomic E-state index is 13.2. The van der Waals surface area contributed by atoms with Gasteiger partial charge in [-0.3, -0.25) is 0 Å². The van der Waals surface area contributed by atoms with Crippen LogP contribution in [0, 0.1) is 0 Å². The fourth-order valence-electron chi connectivity index (χ4n) is 2.63. The van der Waals surface area contributed by atoms with Gasteiger partial charge in [0.25, 0.3) is 0 Å². The van der Waals surface area contributed by atoms with Crippen LogP contribution in [0.15, 0.2) is 34.8 Å². The molecule has 6 nitrogen and oxygen atoms in total. The molecule has 0 saturated carbocycles. The third-order valence-electron chi connectivity index (χ3n) is 3.94. The predicted octanol–water partition coefficient (Wildman–Crippen LogP) is 4.29. The number of hydrogen-bond donors (Lipinski definition) is 1. The third-order valence-corrected chi connectivity index (χ3v) is 4.40. The molecule has 0 spiro atoms. The molecule has 2 atom stereocenters. The first-order valence-corrected chi connectivity index (χ1v) is 8.69. The molecule has 2 aromatic rings. The minimum absolute atomic E-state index is 0.0965. The van der Waals surface area contributed by atoms with E-state index in [9.17, 15) is 13.9 Å². The lowest BCUT2D eigenvalue weighted by molar-refractivity contribution is -0.286. The average molecular weight is 447 g/mol. The number of fused-ring (bicyclic) bond motifs is 1. The van der Waals surface area contributed by atoms with Gasteiger partial charge in [-0.25, -0.2) is 0 Å². The number of rotatable bonds is 6. The first-order valence-electron chi connectivity index (χ1n) is 7.90. The largest absolute Gasteiger partial charge is 0.586 e. The van der Waals surface area contributed by atoms with Gasteiger partial charge in [-0.15, -0.1) is 8.78 Å². The summed E-state index contributed by atoms with van der Waals surface area (Å²) >= 11 is 3.35. The van der Waals surface area contributed by atoms with E-state index in [-0.39, 0.29) is 11.5 Å². The Morgan fingerprint density at radius 2 is 1.63 bits per heavy atom. The van der Waals surface area contributed by atoms with Gasteiger partial charge in [0.2, 0.25) is 5.75 Å². The number of methoxy groups -OCH3 is 2. The fraction of sp³-hybridized carbons (Fsp3) is 0.333. The quantitative estimate of drug-likeness (QED) is 0.713. The van der Waals surface area contributed by atoms with Gasteiger partial charge in [-0.05, 0) is 36.8 Å². The van der Waals surface area contributed by atoms with Crippen LogP contribution in [-0.4, -0.2) is 31.7 Å². The topological polar surface area (TPSA) is 66.4 Å². The Hall–Kier alpha value is -2.26. The van der Waals surface area contributed by atoms with Crippen molar-refractivity contribution in [3.05, 3.63) is 40.4 Å². The highest BCUT2D eigenvalue weighted by Gasteiger charge is 2.43. The van der Waals surface area contributed by atoms with E-state index in [2.05, 4.69) is 25.4 Å². The maximum Gasteiger partial charge on any atom is 0.586 e. The Morgan fingerprint density at radius 1 is 1.04 bits per heavy atom. The molecule has 2 aromatic carbocycles. The van der Waals surface area contributed by atoms with E-state index in [1.165, 1.54) is 32.4 Å². The van der Waals surface area contributed by atoms with Crippen molar-refractivity contribution in [1.82, 2.24) is 0 Å². The monoisotopic (exact) mass is 446 g/mol. The van der Waals surface area contributed by atoms with Crippen molar-refractivity contribution in [3.8, 4) is 28.7 Å². The number of aliphatic hydroxyl groups excluding tert-OH is 1. The van der Waals surface area contributed by atoms with Gasteiger partial charge in [0.1, 0.15) is 12.2 Å². The minimum Gasteiger partial charge on any atom is -0.493 e. The molecule has 1 aliphatic heterocycles. The molecule has 0 unspecified atom stereocenters. The Morgan fingerprint density at radius 3 is 2.22 bits per heavy atom. The van der Waals surface area contributed by atoms with Crippen LogP contribution in [0.25, 0.3) is 0 Å². The van der Waals surface area contributed by atoms with Gasteiger partial charge in [0.05, 0.1) is 14.2 Å². The zero-order valence-electron chi connectivity index (χ0n) is 14.7. The summed E-state index contributed by atoms with van der Waals surface area (Å²) < 4.78 is 52.3. The van der Waals surface area contributed by atoms with Gasteiger partial charge in [-0.2, -0.15) is 0 Å².